The lowest BCUT2D eigenvalue weighted by atomic mass is 9.94. The van der Waals surface area contributed by atoms with E-state index in [2.05, 4.69) is 5.32 Å². The van der Waals surface area contributed by atoms with E-state index in [-0.39, 0.29) is 5.75 Å². The molecule has 3 rings (SSSR count). The fraction of sp³-hybridized carbons (Fsp3) is 0.412. The number of hydrogen-bond donors (Lipinski definition) is 2. The summed E-state index contributed by atoms with van der Waals surface area (Å²) in [6.45, 7) is 2.53. The molecule has 23 heavy (non-hydrogen) atoms. The van der Waals surface area contributed by atoms with Crippen LogP contribution in [-0.2, 0) is 0 Å². The van der Waals surface area contributed by atoms with Crippen LogP contribution in [-0.4, -0.2) is 42.4 Å². The molecule has 0 unspecified atom stereocenters. The third-order valence-electron chi connectivity index (χ3n) is 4.31. The molecule has 0 saturated carbocycles. The van der Waals surface area contributed by atoms with Gasteiger partial charge in [0.1, 0.15) is 5.75 Å². The minimum absolute atomic E-state index is 0.0930. The Morgan fingerprint density at radius 2 is 1.70 bits per heavy atom. The number of halogens is 3. The fourth-order valence-electron chi connectivity index (χ4n) is 3.25. The largest absolute Gasteiger partial charge is 0.507 e. The van der Waals surface area contributed by atoms with Crippen LogP contribution in [0.3, 0.4) is 0 Å². The van der Waals surface area contributed by atoms with E-state index < -0.39 is 18.6 Å². The summed E-state index contributed by atoms with van der Waals surface area (Å²) in [4.78, 5) is 1.88. The van der Waals surface area contributed by atoms with Gasteiger partial charge in [0.2, 0.25) is 0 Å². The van der Waals surface area contributed by atoms with Crippen molar-refractivity contribution in [2.45, 2.75) is 18.6 Å². The van der Waals surface area contributed by atoms with E-state index in [9.17, 15) is 18.3 Å². The van der Waals surface area contributed by atoms with Gasteiger partial charge in [-0.3, -0.25) is 4.90 Å². The van der Waals surface area contributed by atoms with Crippen molar-refractivity contribution in [3.63, 3.8) is 0 Å². The van der Waals surface area contributed by atoms with Gasteiger partial charge >= 0.3 is 6.18 Å². The van der Waals surface area contributed by atoms with Crippen LogP contribution in [0.25, 0.3) is 10.8 Å². The van der Waals surface area contributed by atoms with Crippen molar-refractivity contribution in [3.05, 3.63) is 42.0 Å². The number of nitrogens with one attached hydrogen (secondary N) is 1. The second kappa shape index (κ2) is 6.37. The van der Waals surface area contributed by atoms with Crippen LogP contribution >= 0.6 is 0 Å². The number of phenolic OH excluding ortho intramolecular Hbond substituents is 1. The first kappa shape index (κ1) is 16.1. The molecule has 0 aliphatic carbocycles. The lowest BCUT2D eigenvalue weighted by molar-refractivity contribution is -0.148. The summed E-state index contributed by atoms with van der Waals surface area (Å²) < 4.78 is 39.4. The molecule has 0 radical (unpaired) electrons. The molecule has 1 saturated heterocycles. The maximum atomic E-state index is 13.1. The number of fused-ring (bicyclic) bond motifs is 1. The lowest BCUT2D eigenvalue weighted by Crippen LogP contribution is -2.46. The number of phenols is 1. The fourth-order valence-corrected chi connectivity index (χ4v) is 3.25. The summed E-state index contributed by atoms with van der Waals surface area (Å²) >= 11 is 0. The Balaban J connectivity index is 2.07. The van der Waals surface area contributed by atoms with Gasteiger partial charge in [-0.05, 0) is 17.0 Å². The Bertz CT molecular complexity index is 681. The van der Waals surface area contributed by atoms with Gasteiger partial charge in [0.15, 0.2) is 0 Å². The number of aromatic hydroxyl groups is 1. The van der Waals surface area contributed by atoms with Crippen LogP contribution in [0, 0.1) is 0 Å². The molecular weight excluding hydrogens is 305 g/mol. The number of piperazine rings is 1. The Hall–Kier alpha value is -1.79. The predicted molar refractivity (Wildman–Crippen MR) is 83.5 cm³/mol. The molecule has 2 aromatic carbocycles. The summed E-state index contributed by atoms with van der Waals surface area (Å²) in [6.07, 6.45) is -5.13. The second-order valence-corrected chi connectivity index (χ2v) is 5.84. The number of hydrogen-bond acceptors (Lipinski definition) is 3. The van der Waals surface area contributed by atoms with E-state index in [1.807, 2.05) is 4.90 Å². The van der Waals surface area contributed by atoms with E-state index in [0.717, 1.165) is 0 Å². The van der Waals surface area contributed by atoms with Gasteiger partial charge in [0.25, 0.3) is 0 Å². The molecule has 1 atom stereocenters. The summed E-state index contributed by atoms with van der Waals surface area (Å²) in [7, 11) is 0. The maximum Gasteiger partial charge on any atom is 0.390 e. The smallest absolute Gasteiger partial charge is 0.390 e. The molecule has 3 nitrogen and oxygen atoms in total. The van der Waals surface area contributed by atoms with Crippen LogP contribution in [0.15, 0.2) is 36.4 Å². The number of alkyl halides is 3. The summed E-state index contributed by atoms with van der Waals surface area (Å²) in [5.74, 6) is 0.0930. The molecule has 0 spiro atoms. The minimum atomic E-state index is -4.24. The Morgan fingerprint density at radius 3 is 2.35 bits per heavy atom. The van der Waals surface area contributed by atoms with Crippen molar-refractivity contribution >= 4 is 10.8 Å². The maximum absolute atomic E-state index is 13.1. The third kappa shape index (κ3) is 3.59. The zero-order valence-corrected chi connectivity index (χ0v) is 12.6. The van der Waals surface area contributed by atoms with Crippen LogP contribution in [0.1, 0.15) is 18.0 Å². The number of nitrogens with zero attached hydrogens (tertiary/aromatic N) is 1. The SMILES string of the molecule is Oc1ccc([C@H](CC(F)(F)F)N2CCNCC2)c2ccccc12. The van der Waals surface area contributed by atoms with Crippen molar-refractivity contribution in [2.75, 3.05) is 26.2 Å². The van der Waals surface area contributed by atoms with Gasteiger partial charge in [-0.1, -0.05) is 30.3 Å². The molecule has 2 N–H and O–H groups in total. The van der Waals surface area contributed by atoms with Crippen molar-refractivity contribution in [1.29, 1.82) is 0 Å². The van der Waals surface area contributed by atoms with Crippen molar-refractivity contribution in [1.82, 2.24) is 10.2 Å². The summed E-state index contributed by atoms with van der Waals surface area (Å²) in [5, 5.41) is 14.4. The molecule has 1 aliphatic heterocycles. The molecule has 1 fully saturated rings. The van der Waals surface area contributed by atoms with Crippen LogP contribution < -0.4 is 5.32 Å². The monoisotopic (exact) mass is 324 g/mol. The van der Waals surface area contributed by atoms with E-state index in [1.54, 1.807) is 30.3 Å². The Labute approximate surface area is 132 Å². The first-order valence-electron chi connectivity index (χ1n) is 7.68. The van der Waals surface area contributed by atoms with Gasteiger partial charge in [0.05, 0.1) is 6.42 Å². The second-order valence-electron chi connectivity index (χ2n) is 5.84. The average molecular weight is 324 g/mol. The molecule has 0 amide bonds. The van der Waals surface area contributed by atoms with Gasteiger partial charge in [-0.25, -0.2) is 0 Å². The van der Waals surface area contributed by atoms with Crippen LogP contribution in [0.5, 0.6) is 5.75 Å². The molecule has 124 valence electrons. The zero-order valence-electron chi connectivity index (χ0n) is 12.6. The van der Waals surface area contributed by atoms with E-state index in [1.165, 1.54) is 6.07 Å². The first-order chi connectivity index (χ1) is 11.0. The number of benzene rings is 2. The standard InChI is InChI=1S/C17H19F3N2O/c18-17(19,20)11-15(22-9-7-21-8-10-22)13-5-6-16(23)14-4-2-1-3-12(13)14/h1-6,15,21,23H,7-11H2/t15-/m0/s1. The molecule has 2 aromatic rings. The average Bonchev–Trinajstić information content (AvgIpc) is 2.54. The molecule has 0 bridgehead atoms. The van der Waals surface area contributed by atoms with Gasteiger partial charge in [-0.15, -0.1) is 0 Å². The molecule has 6 heteroatoms. The first-order valence-corrected chi connectivity index (χ1v) is 7.68. The quantitative estimate of drug-likeness (QED) is 0.908. The lowest BCUT2D eigenvalue weighted by Gasteiger charge is -2.36. The minimum Gasteiger partial charge on any atom is -0.507 e. The van der Waals surface area contributed by atoms with Crippen molar-refractivity contribution in [2.24, 2.45) is 0 Å². The summed E-state index contributed by atoms with van der Waals surface area (Å²) in [6, 6.07) is 9.44. The Kier molecular flexibility index (Phi) is 4.46. The topological polar surface area (TPSA) is 35.5 Å². The zero-order chi connectivity index (χ0) is 16.4. The molecule has 1 heterocycles. The van der Waals surface area contributed by atoms with Gasteiger partial charge in [-0.2, -0.15) is 13.2 Å². The molecular formula is C17H19F3N2O. The van der Waals surface area contributed by atoms with E-state index in [0.29, 0.717) is 42.5 Å². The number of rotatable bonds is 3. The Morgan fingerprint density at radius 1 is 1.04 bits per heavy atom. The normalized spacial score (nSPS) is 18.2. The van der Waals surface area contributed by atoms with E-state index in [4.69, 9.17) is 0 Å². The molecule has 1 aliphatic rings. The highest BCUT2D eigenvalue weighted by Crippen LogP contribution is 2.39. The van der Waals surface area contributed by atoms with E-state index >= 15 is 0 Å². The van der Waals surface area contributed by atoms with Gasteiger partial charge in [0, 0.05) is 37.6 Å². The van der Waals surface area contributed by atoms with Crippen molar-refractivity contribution < 1.29 is 18.3 Å². The molecule has 0 aromatic heterocycles. The highest BCUT2D eigenvalue weighted by Gasteiger charge is 2.36. The third-order valence-corrected chi connectivity index (χ3v) is 4.31. The predicted octanol–water partition coefficient (Wildman–Crippen LogP) is 3.44. The highest BCUT2D eigenvalue weighted by atomic mass is 19.4. The van der Waals surface area contributed by atoms with Crippen molar-refractivity contribution in [3.8, 4) is 5.75 Å². The summed E-state index contributed by atoms with van der Waals surface area (Å²) in [5.41, 5.74) is 0.623. The van der Waals surface area contributed by atoms with Crippen LogP contribution in [0.2, 0.25) is 0 Å². The van der Waals surface area contributed by atoms with Crippen LogP contribution in [0.4, 0.5) is 13.2 Å². The van der Waals surface area contributed by atoms with Gasteiger partial charge < -0.3 is 10.4 Å². The highest BCUT2D eigenvalue weighted by molar-refractivity contribution is 5.91.